The standard InChI is InChI=1S/C18H21N3S/c1-11(2)16-17(19)21-15(10-22-18(21)20-16)14-8-7-12-5-3-4-6-13(12)9-14/h7-11H,3-6,19H2,1-2H3. The highest BCUT2D eigenvalue weighted by Crippen LogP contribution is 2.34. The van der Waals surface area contributed by atoms with Crippen LogP contribution >= 0.6 is 11.3 Å². The van der Waals surface area contributed by atoms with Gasteiger partial charge in [-0.3, -0.25) is 4.40 Å². The van der Waals surface area contributed by atoms with E-state index in [2.05, 4.69) is 41.8 Å². The van der Waals surface area contributed by atoms with Gasteiger partial charge < -0.3 is 5.73 Å². The van der Waals surface area contributed by atoms with E-state index in [4.69, 9.17) is 10.7 Å². The Morgan fingerprint density at radius 1 is 1.18 bits per heavy atom. The van der Waals surface area contributed by atoms with E-state index in [9.17, 15) is 0 Å². The Hall–Kier alpha value is -1.81. The summed E-state index contributed by atoms with van der Waals surface area (Å²) in [7, 11) is 0. The number of hydrogen-bond donors (Lipinski definition) is 1. The highest BCUT2D eigenvalue weighted by molar-refractivity contribution is 7.15. The molecular weight excluding hydrogens is 290 g/mol. The van der Waals surface area contributed by atoms with Gasteiger partial charge in [0, 0.05) is 5.38 Å². The summed E-state index contributed by atoms with van der Waals surface area (Å²) >= 11 is 1.67. The van der Waals surface area contributed by atoms with Crippen molar-refractivity contribution in [1.82, 2.24) is 9.38 Å². The van der Waals surface area contributed by atoms with Gasteiger partial charge in [0.2, 0.25) is 0 Å². The van der Waals surface area contributed by atoms with Gasteiger partial charge >= 0.3 is 0 Å². The number of anilines is 1. The first-order valence-electron chi connectivity index (χ1n) is 8.02. The van der Waals surface area contributed by atoms with Crippen molar-refractivity contribution < 1.29 is 0 Å². The summed E-state index contributed by atoms with van der Waals surface area (Å²) in [4.78, 5) is 5.70. The maximum absolute atomic E-state index is 6.37. The summed E-state index contributed by atoms with van der Waals surface area (Å²) in [6.07, 6.45) is 5.05. The van der Waals surface area contributed by atoms with Crippen LogP contribution in [0.4, 0.5) is 5.82 Å². The minimum Gasteiger partial charge on any atom is -0.383 e. The fraction of sp³-hybridized carbons (Fsp3) is 0.389. The van der Waals surface area contributed by atoms with Gasteiger partial charge in [-0.25, -0.2) is 4.98 Å². The number of imidazole rings is 1. The lowest BCUT2D eigenvalue weighted by Gasteiger charge is -2.16. The van der Waals surface area contributed by atoms with Crippen molar-refractivity contribution in [2.24, 2.45) is 0 Å². The smallest absolute Gasteiger partial charge is 0.196 e. The summed E-state index contributed by atoms with van der Waals surface area (Å²) < 4.78 is 2.12. The quantitative estimate of drug-likeness (QED) is 0.748. The van der Waals surface area contributed by atoms with Crippen molar-refractivity contribution in [3.8, 4) is 11.3 Å². The molecule has 3 aromatic rings. The Morgan fingerprint density at radius 3 is 2.73 bits per heavy atom. The van der Waals surface area contributed by atoms with Crippen molar-refractivity contribution in [2.45, 2.75) is 45.4 Å². The number of fused-ring (bicyclic) bond motifs is 2. The summed E-state index contributed by atoms with van der Waals surface area (Å²) in [5, 5.41) is 2.17. The lowest BCUT2D eigenvalue weighted by molar-refractivity contribution is 0.686. The molecule has 0 spiro atoms. The molecule has 2 N–H and O–H groups in total. The Labute approximate surface area is 134 Å². The summed E-state index contributed by atoms with van der Waals surface area (Å²) in [6.45, 7) is 4.28. The van der Waals surface area contributed by atoms with Crippen LogP contribution in [0.5, 0.6) is 0 Å². The van der Waals surface area contributed by atoms with Crippen molar-refractivity contribution in [1.29, 1.82) is 0 Å². The number of thiazole rings is 1. The first-order valence-corrected chi connectivity index (χ1v) is 8.90. The molecule has 0 saturated carbocycles. The highest BCUT2D eigenvalue weighted by atomic mass is 32.1. The lowest BCUT2D eigenvalue weighted by Crippen LogP contribution is -2.03. The van der Waals surface area contributed by atoms with Crippen molar-refractivity contribution in [3.05, 3.63) is 40.4 Å². The van der Waals surface area contributed by atoms with Crippen LogP contribution in [0.3, 0.4) is 0 Å². The molecule has 4 rings (SSSR count). The molecule has 3 nitrogen and oxygen atoms in total. The predicted molar refractivity (Wildman–Crippen MR) is 93.6 cm³/mol. The highest BCUT2D eigenvalue weighted by Gasteiger charge is 2.18. The average Bonchev–Trinajstić information content (AvgIpc) is 3.07. The molecule has 0 bridgehead atoms. The first-order chi connectivity index (χ1) is 10.6. The molecule has 22 heavy (non-hydrogen) atoms. The van der Waals surface area contributed by atoms with Crippen LogP contribution in [0.2, 0.25) is 0 Å². The molecule has 0 unspecified atom stereocenters. The molecule has 0 aliphatic heterocycles. The van der Waals surface area contributed by atoms with Gasteiger partial charge in [0.1, 0.15) is 5.82 Å². The van der Waals surface area contributed by atoms with Crippen LogP contribution in [0, 0.1) is 0 Å². The minimum absolute atomic E-state index is 0.350. The molecule has 2 heterocycles. The fourth-order valence-corrected chi connectivity index (χ4v) is 4.33. The van der Waals surface area contributed by atoms with E-state index in [-0.39, 0.29) is 0 Å². The number of aromatic nitrogens is 2. The lowest BCUT2D eigenvalue weighted by atomic mass is 9.90. The third-order valence-electron chi connectivity index (χ3n) is 4.62. The number of rotatable bonds is 2. The van der Waals surface area contributed by atoms with Crippen LogP contribution in [-0.2, 0) is 12.8 Å². The zero-order valence-electron chi connectivity index (χ0n) is 13.1. The van der Waals surface area contributed by atoms with E-state index >= 15 is 0 Å². The topological polar surface area (TPSA) is 43.3 Å². The van der Waals surface area contributed by atoms with Crippen LogP contribution in [0.1, 0.15) is 49.4 Å². The van der Waals surface area contributed by atoms with Crippen LogP contribution in [-0.4, -0.2) is 9.38 Å². The van der Waals surface area contributed by atoms with Gasteiger partial charge in [0.25, 0.3) is 0 Å². The van der Waals surface area contributed by atoms with Crippen LogP contribution in [0.15, 0.2) is 23.6 Å². The third-order valence-corrected chi connectivity index (χ3v) is 5.44. The van der Waals surface area contributed by atoms with Crippen molar-refractivity contribution >= 4 is 22.1 Å². The van der Waals surface area contributed by atoms with Gasteiger partial charge in [-0.15, -0.1) is 11.3 Å². The van der Waals surface area contributed by atoms with Gasteiger partial charge in [-0.05, 0) is 54.4 Å². The largest absolute Gasteiger partial charge is 0.383 e. The van der Waals surface area contributed by atoms with Gasteiger partial charge in [0.15, 0.2) is 4.96 Å². The summed E-state index contributed by atoms with van der Waals surface area (Å²) in [6, 6.07) is 6.88. The SMILES string of the molecule is CC(C)c1nc2scc(-c3ccc4c(c3)CCCC4)n2c1N. The Morgan fingerprint density at radius 2 is 1.95 bits per heavy atom. The molecule has 0 radical (unpaired) electrons. The molecule has 2 aromatic heterocycles. The molecule has 0 fully saturated rings. The molecule has 1 aliphatic rings. The Kier molecular flexibility index (Phi) is 3.22. The zero-order valence-corrected chi connectivity index (χ0v) is 13.9. The van der Waals surface area contributed by atoms with E-state index in [1.165, 1.54) is 48.1 Å². The maximum Gasteiger partial charge on any atom is 0.196 e. The average molecular weight is 311 g/mol. The number of nitrogen functional groups attached to an aromatic ring is 1. The summed E-state index contributed by atoms with van der Waals surface area (Å²) in [5.74, 6) is 1.14. The van der Waals surface area contributed by atoms with Crippen LogP contribution in [0.25, 0.3) is 16.2 Å². The normalized spacial score (nSPS) is 14.7. The van der Waals surface area contributed by atoms with Crippen molar-refractivity contribution in [2.75, 3.05) is 5.73 Å². The zero-order chi connectivity index (χ0) is 15.3. The van der Waals surface area contributed by atoms with Gasteiger partial charge in [-0.2, -0.15) is 0 Å². The molecule has 0 saturated heterocycles. The number of hydrogen-bond acceptors (Lipinski definition) is 3. The molecule has 0 atom stereocenters. The molecular formula is C18H21N3S. The van der Waals surface area contributed by atoms with Crippen LogP contribution < -0.4 is 5.73 Å². The number of aryl methyl sites for hydroxylation is 2. The van der Waals surface area contributed by atoms with Gasteiger partial charge in [0.05, 0.1) is 11.4 Å². The number of nitrogens with zero attached hydrogens (tertiary/aromatic N) is 2. The molecule has 114 valence electrons. The van der Waals surface area contributed by atoms with E-state index in [0.717, 1.165) is 16.5 Å². The second-order valence-corrected chi connectivity index (χ2v) is 7.30. The summed E-state index contributed by atoms with van der Waals surface area (Å²) in [5.41, 5.74) is 12.8. The number of nitrogens with two attached hydrogens (primary N) is 1. The van der Waals surface area contributed by atoms with E-state index in [0.29, 0.717) is 5.92 Å². The monoisotopic (exact) mass is 311 g/mol. The predicted octanol–water partition coefficient (Wildman–Crippen LogP) is 4.65. The fourth-order valence-electron chi connectivity index (χ4n) is 3.42. The molecule has 1 aliphatic carbocycles. The van der Waals surface area contributed by atoms with Crippen molar-refractivity contribution in [3.63, 3.8) is 0 Å². The Bertz CT molecular complexity index is 842. The maximum atomic E-state index is 6.37. The molecule has 0 amide bonds. The third kappa shape index (κ3) is 2.05. The second-order valence-electron chi connectivity index (χ2n) is 6.47. The van der Waals surface area contributed by atoms with E-state index < -0.39 is 0 Å². The number of benzene rings is 1. The minimum atomic E-state index is 0.350. The second kappa shape index (κ2) is 5.13. The van der Waals surface area contributed by atoms with E-state index in [1.807, 2.05) is 0 Å². The first kappa shape index (κ1) is 13.8. The molecule has 1 aromatic carbocycles. The molecule has 4 heteroatoms. The Balaban J connectivity index is 1.87. The van der Waals surface area contributed by atoms with Gasteiger partial charge in [-0.1, -0.05) is 26.0 Å². The van der Waals surface area contributed by atoms with E-state index in [1.54, 1.807) is 11.3 Å².